The minimum atomic E-state index is -0.783. The summed E-state index contributed by atoms with van der Waals surface area (Å²) in [4.78, 5) is 40.9. The third kappa shape index (κ3) is 3.71. The maximum Gasteiger partial charge on any atom is 0.361 e. The second-order valence-electron chi connectivity index (χ2n) is 5.67. The van der Waals surface area contributed by atoms with Gasteiger partial charge in [0, 0.05) is 5.69 Å². The number of hydrogen-bond acceptors (Lipinski definition) is 7. The number of para-hydroxylation sites is 1. The normalized spacial score (nSPS) is 10.7. The van der Waals surface area contributed by atoms with E-state index in [1.807, 2.05) is 25.1 Å². The van der Waals surface area contributed by atoms with Gasteiger partial charge in [0.15, 0.2) is 0 Å². The summed E-state index contributed by atoms with van der Waals surface area (Å²) in [6.45, 7) is 3.47. The molecule has 0 aliphatic heterocycles. The number of fused-ring (bicyclic) bond motifs is 1. The molecule has 0 aliphatic rings. The second-order valence-corrected chi connectivity index (χ2v) is 5.67. The van der Waals surface area contributed by atoms with E-state index in [2.05, 4.69) is 15.5 Å². The number of nitrogens with zero attached hydrogens (tertiary/aromatic N) is 3. The van der Waals surface area contributed by atoms with Crippen molar-refractivity contribution >= 4 is 28.7 Å². The number of ether oxygens (including phenoxy) is 1. The lowest BCUT2D eigenvalue weighted by Crippen LogP contribution is -2.28. The van der Waals surface area contributed by atoms with E-state index in [0.717, 1.165) is 16.6 Å². The van der Waals surface area contributed by atoms with Crippen LogP contribution in [0.15, 0.2) is 39.9 Å². The summed E-state index contributed by atoms with van der Waals surface area (Å²) in [6.07, 6.45) is 1.93. The number of hydrogen-bond donors (Lipinski definition) is 1. The number of esters is 1. The zero-order chi connectivity index (χ0) is 19.4. The fourth-order valence-corrected chi connectivity index (χ4v) is 2.63. The molecule has 0 bridgehead atoms. The molecule has 1 aromatic carbocycles. The first kappa shape index (κ1) is 18.3. The van der Waals surface area contributed by atoms with Crippen LogP contribution in [-0.2, 0) is 22.5 Å². The van der Waals surface area contributed by atoms with E-state index < -0.39 is 17.4 Å². The SMILES string of the molecule is CCOC(=O)c1noc2ncn(CC(=O)Nc3ccccc3CC)c(=O)c12. The maximum absolute atomic E-state index is 12.7. The highest BCUT2D eigenvalue weighted by Crippen LogP contribution is 2.16. The van der Waals surface area contributed by atoms with Gasteiger partial charge < -0.3 is 14.6 Å². The average Bonchev–Trinajstić information content (AvgIpc) is 3.09. The molecular formula is C18H18N4O5. The van der Waals surface area contributed by atoms with Crippen molar-refractivity contribution in [2.45, 2.75) is 26.8 Å². The van der Waals surface area contributed by atoms with Crippen LogP contribution in [0.2, 0.25) is 0 Å². The molecule has 9 heteroatoms. The Morgan fingerprint density at radius 1 is 1.26 bits per heavy atom. The van der Waals surface area contributed by atoms with Crippen molar-refractivity contribution in [3.05, 3.63) is 52.2 Å². The van der Waals surface area contributed by atoms with Crippen molar-refractivity contribution in [1.82, 2.24) is 14.7 Å². The summed E-state index contributed by atoms with van der Waals surface area (Å²) in [5.74, 6) is -1.18. The largest absolute Gasteiger partial charge is 0.461 e. The summed E-state index contributed by atoms with van der Waals surface area (Å²) >= 11 is 0. The molecule has 0 radical (unpaired) electrons. The highest BCUT2D eigenvalue weighted by atomic mass is 16.5. The van der Waals surface area contributed by atoms with Crippen molar-refractivity contribution in [2.24, 2.45) is 0 Å². The Bertz CT molecular complexity index is 1050. The van der Waals surface area contributed by atoms with Gasteiger partial charge in [-0.3, -0.25) is 14.2 Å². The van der Waals surface area contributed by atoms with Crippen LogP contribution in [0.3, 0.4) is 0 Å². The number of rotatable bonds is 6. The van der Waals surface area contributed by atoms with E-state index in [1.165, 1.54) is 6.33 Å². The van der Waals surface area contributed by atoms with Crippen molar-refractivity contribution < 1.29 is 18.8 Å². The molecule has 140 valence electrons. The van der Waals surface area contributed by atoms with Gasteiger partial charge >= 0.3 is 5.97 Å². The molecule has 0 unspecified atom stereocenters. The number of benzene rings is 1. The Kier molecular flexibility index (Phi) is 5.30. The van der Waals surface area contributed by atoms with Crippen LogP contribution in [-0.4, -0.2) is 33.2 Å². The zero-order valence-corrected chi connectivity index (χ0v) is 14.9. The average molecular weight is 370 g/mol. The number of aryl methyl sites for hydroxylation is 1. The Morgan fingerprint density at radius 3 is 2.78 bits per heavy atom. The minimum Gasteiger partial charge on any atom is -0.461 e. The quantitative estimate of drug-likeness (QED) is 0.657. The summed E-state index contributed by atoms with van der Waals surface area (Å²) in [7, 11) is 0. The first-order valence-electron chi connectivity index (χ1n) is 8.44. The van der Waals surface area contributed by atoms with Crippen molar-refractivity contribution in [1.29, 1.82) is 0 Å². The Hall–Kier alpha value is -3.49. The van der Waals surface area contributed by atoms with Crippen molar-refractivity contribution in [2.75, 3.05) is 11.9 Å². The van der Waals surface area contributed by atoms with Crippen LogP contribution < -0.4 is 10.9 Å². The van der Waals surface area contributed by atoms with E-state index in [4.69, 9.17) is 9.26 Å². The van der Waals surface area contributed by atoms with Gasteiger partial charge in [-0.1, -0.05) is 30.3 Å². The Balaban J connectivity index is 1.88. The van der Waals surface area contributed by atoms with Crippen LogP contribution in [0, 0.1) is 0 Å². The molecule has 1 N–H and O–H groups in total. The van der Waals surface area contributed by atoms with Gasteiger partial charge in [0.2, 0.25) is 11.6 Å². The third-order valence-electron chi connectivity index (χ3n) is 3.92. The van der Waals surface area contributed by atoms with Gasteiger partial charge in [-0.25, -0.2) is 9.78 Å². The van der Waals surface area contributed by atoms with E-state index in [1.54, 1.807) is 13.0 Å². The smallest absolute Gasteiger partial charge is 0.361 e. The van der Waals surface area contributed by atoms with Gasteiger partial charge in [-0.15, -0.1) is 0 Å². The number of amides is 1. The topological polar surface area (TPSA) is 116 Å². The second kappa shape index (κ2) is 7.81. The standard InChI is InChI=1S/C18H18N4O5/c1-3-11-7-5-6-8-12(11)20-13(23)9-22-10-19-16-14(17(22)24)15(21-27-16)18(25)26-4-2/h5-8,10H,3-4,9H2,1-2H3,(H,20,23). The highest BCUT2D eigenvalue weighted by Gasteiger charge is 2.22. The molecule has 2 aromatic heterocycles. The molecule has 0 saturated heterocycles. The predicted molar refractivity (Wildman–Crippen MR) is 96.5 cm³/mol. The molecule has 9 nitrogen and oxygen atoms in total. The Labute approximate surface area is 153 Å². The zero-order valence-electron chi connectivity index (χ0n) is 14.9. The van der Waals surface area contributed by atoms with Crippen LogP contribution in [0.25, 0.3) is 11.1 Å². The van der Waals surface area contributed by atoms with Gasteiger partial charge in [-0.05, 0) is 25.0 Å². The lowest BCUT2D eigenvalue weighted by atomic mass is 10.1. The van der Waals surface area contributed by atoms with Gasteiger partial charge in [0.1, 0.15) is 18.3 Å². The fraction of sp³-hybridized carbons (Fsp3) is 0.278. The molecule has 0 saturated carbocycles. The number of aromatic nitrogens is 3. The lowest BCUT2D eigenvalue weighted by molar-refractivity contribution is -0.116. The predicted octanol–water partition coefficient (Wildman–Crippen LogP) is 1.76. The number of nitrogens with one attached hydrogen (secondary N) is 1. The molecule has 3 aromatic rings. The van der Waals surface area contributed by atoms with E-state index >= 15 is 0 Å². The molecule has 3 rings (SSSR count). The monoisotopic (exact) mass is 370 g/mol. The van der Waals surface area contributed by atoms with Crippen molar-refractivity contribution in [3.63, 3.8) is 0 Å². The third-order valence-corrected chi connectivity index (χ3v) is 3.92. The molecule has 0 fully saturated rings. The van der Waals surface area contributed by atoms with Crippen LogP contribution in [0.4, 0.5) is 5.69 Å². The molecule has 2 heterocycles. The summed E-state index contributed by atoms with van der Waals surface area (Å²) < 4.78 is 10.9. The molecule has 0 atom stereocenters. The molecule has 27 heavy (non-hydrogen) atoms. The molecule has 1 amide bonds. The summed E-state index contributed by atoms with van der Waals surface area (Å²) in [6, 6.07) is 7.41. The molecule has 0 aliphatic carbocycles. The maximum atomic E-state index is 12.7. The van der Waals surface area contributed by atoms with Gasteiger partial charge in [0.05, 0.1) is 6.61 Å². The number of carbonyl (C=O) groups excluding carboxylic acids is 2. The van der Waals surface area contributed by atoms with Crippen LogP contribution in [0.5, 0.6) is 0 Å². The van der Waals surface area contributed by atoms with Gasteiger partial charge in [0.25, 0.3) is 11.3 Å². The van der Waals surface area contributed by atoms with Gasteiger partial charge in [-0.2, -0.15) is 0 Å². The first-order chi connectivity index (χ1) is 13.0. The van der Waals surface area contributed by atoms with Crippen LogP contribution >= 0.6 is 0 Å². The minimum absolute atomic E-state index is 0.0870. The van der Waals surface area contributed by atoms with Crippen molar-refractivity contribution in [3.8, 4) is 0 Å². The number of carbonyl (C=O) groups is 2. The van der Waals surface area contributed by atoms with E-state index in [-0.39, 0.29) is 29.9 Å². The van der Waals surface area contributed by atoms with E-state index in [9.17, 15) is 14.4 Å². The summed E-state index contributed by atoms with van der Waals surface area (Å²) in [5.41, 5.74) is 0.717. The first-order valence-corrected chi connectivity index (χ1v) is 8.44. The molecule has 0 spiro atoms. The summed E-state index contributed by atoms with van der Waals surface area (Å²) in [5, 5.41) is 6.23. The van der Waals surface area contributed by atoms with E-state index in [0.29, 0.717) is 5.69 Å². The molecular weight excluding hydrogens is 352 g/mol. The lowest BCUT2D eigenvalue weighted by Gasteiger charge is -2.10. The Morgan fingerprint density at radius 2 is 2.04 bits per heavy atom. The highest BCUT2D eigenvalue weighted by molar-refractivity contribution is 5.99. The fourth-order valence-electron chi connectivity index (χ4n) is 2.63. The van der Waals surface area contributed by atoms with Crippen LogP contribution in [0.1, 0.15) is 29.9 Å². The number of anilines is 1.